The van der Waals surface area contributed by atoms with E-state index in [4.69, 9.17) is 9.47 Å². The molecular formula is C20H19N3O3S. The zero-order valence-electron chi connectivity index (χ0n) is 14.8. The summed E-state index contributed by atoms with van der Waals surface area (Å²) >= 11 is 1.28. The molecule has 138 valence electrons. The molecule has 0 radical (unpaired) electrons. The highest BCUT2D eigenvalue weighted by Crippen LogP contribution is 2.33. The molecule has 2 heterocycles. The summed E-state index contributed by atoms with van der Waals surface area (Å²) in [6, 6.07) is 15.2. The average molecular weight is 381 g/mol. The largest absolute Gasteiger partial charge is 0.497 e. The predicted octanol–water partition coefficient (Wildman–Crippen LogP) is 4.93. The SMILES string of the molecule is COc1cccc(Oc2cnc(NC(=O)N3CCCc4ccccc43)s2)c1. The second kappa shape index (κ2) is 7.67. The van der Waals surface area contributed by atoms with Crippen LogP contribution in [0.1, 0.15) is 12.0 Å². The molecule has 7 heteroatoms. The van der Waals surface area contributed by atoms with Crippen LogP contribution in [0, 0.1) is 0 Å². The third kappa shape index (κ3) is 3.88. The van der Waals surface area contributed by atoms with Crippen molar-refractivity contribution >= 4 is 28.2 Å². The summed E-state index contributed by atoms with van der Waals surface area (Å²) in [6.07, 6.45) is 3.55. The second-order valence-electron chi connectivity index (χ2n) is 6.08. The van der Waals surface area contributed by atoms with E-state index in [0.717, 1.165) is 18.5 Å². The number of rotatable bonds is 4. The van der Waals surface area contributed by atoms with Crippen molar-refractivity contribution in [2.45, 2.75) is 12.8 Å². The Bertz CT molecular complexity index is 957. The molecule has 0 saturated carbocycles. The fourth-order valence-corrected chi connectivity index (χ4v) is 3.73. The lowest BCUT2D eigenvalue weighted by Gasteiger charge is -2.29. The summed E-state index contributed by atoms with van der Waals surface area (Å²) in [4.78, 5) is 18.7. The van der Waals surface area contributed by atoms with Gasteiger partial charge in [0.15, 0.2) is 5.13 Å². The van der Waals surface area contributed by atoms with Crippen LogP contribution in [0.25, 0.3) is 0 Å². The van der Waals surface area contributed by atoms with E-state index in [1.807, 2.05) is 36.4 Å². The molecule has 27 heavy (non-hydrogen) atoms. The van der Waals surface area contributed by atoms with Crippen molar-refractivity contribution in [2.24, 2.45) is 0 Å². The summed E-state index contributed by atoms with van der Waals surface area (Å²) in [5.74, 6) is 1.37. The molecule has 1 N–H and O–H groups in total. The van der Waals surface area contributed by atoms with Gasteiger partial charge in [-0.05, 0) is 36.6 Å². The molecule has 2 aromatic carbocycles. The molecule has 0 saturated heterocycles. The highest BCUT2D eigenvalue weighted by molar-refractivity contribution is 7.17. The maximum Gasteiger partial charge on any atom is 0.328 e. The van der Waals surface area contributed by atoms with E-state index in [0.29, 0.717) is 28.2 Å². The van der Waals surface area contributed by atoms with Gasteiger partial charge in [0.25, 0.3) is 0 Å². The molecule has 3 aromatic rings. The second-order valence-corrected chi connectivity index (χ2v) is 7.07. The number of hydrogen-bond donors (Lipinski definition) is 1. The number of aromatic nitrogens is 1. The van der Waals surface area contributed by atoms with Crippen LogP contribution in [0.4, 0.5) is 15.6 Å². The standard InChI is InChI=1S/C20H19N3O3S/c1-25-15-8-4-9-16(12-15)26-18-13-21-19(27-18)22-20(24)23-11-5-7-14-6-2-3-10-17(14)23/h2-4,6,8-10,12-13H,5,7,11H2,1H3,(H,21,22,24). The van der Waals surface area contributed by atoms with Crippen LogP contribution in [-0.4, -0.2) is 24.7 Å². The van der Waals surface area contributed by atoms with Gasteiger partial charge in [0.2, 0.25) is 5.06 Å². The zero-order chi connectivity index (χ0) is 18.6. The first-order chi connectivity index (χ1) is 13.2. The molecule has 0 aliphatic carbocycles. The lowest BCUT2D eigenvalue weighted by Crippen LogP contribution is -2.38. The minimum Gasteiger partial charge on any atom is -0.497 e. The fourth-order valence-electron chi connectivity index (χ4n) is 3.05. The number of carbonyl (C=O) groups is 1. The topological polar surface area (TPSA) is 63.7 Å². The summed E-state index contributed by atoms with van der Waals surface area (Å²) in [6.45, 7) is 0.696. The van der Waals surface area contributed by atoms with Gasteiger partial charge in [-0.2, -0.15) is 0 Å². The van der Waals surface area contributed by atoms with Crippen LogP contribution in [0.15, 0.2) is 54.7 Å². The number of nitrogens with zero attached hydrogens (tertiary/aromatic N) is 2. The van der Waals surface area contributed by atoms with Crippen molar-refractivity contribution in [3.63, 3.8) is 0 Å². The molecule has 1 aliphatic rings. The Hall–Kier alpha value is -3.06. The van der Waals surface area contributed by atoms with Gasteiger partial charge >= 0.3 is 6.03 Å². The number of hydrogen-bond acceptors (Lipinski definition) is 5. The number of fused-ring (bicyclic) bond motifs is 1. The Kier molecular flexibility index (Phi) is 4.93. The van der Waals surface area contributed by atoms with E-state index in [1.165, 1.54) is 16.9 Å². The van der Waals surface area contributed by atoms with E-state index in [1.54, 1.807) is 24.3 Å². The van der Waals surface area contributed by atoms with Gasteiger partial charge < -0.3 is 9.47 Å². The zero-order valence-corrected chi connectivity index (χ0v) is 15.7. The monoisotopic (exact) mass is 381 g/mol. The van der Waals surface area contributed by atoms with Crippen LogP contribution < -0.4 is 19.7 Å². The normalized spacial score (nSPS) is 13.0. The number of thiazole rings is 1. The van der Waals surface area contributed by atoms with Crippen LogP contribution in [0.2, 0.25) is 0 Å². The van der Waals surface area contributed by atoms with Gasteiger partial charge in [-0.15, -0.1) is 0 Å². The number of para-hydroxylation sites is 1. The number of urea groups is 1. The summed E-state index contributed by atoms with van der Waals surface area (Å²) in [5.41, 5.74) is 2.16. The Morgan fingerprint density at radius 3 is 2.93 bits per heavy atom. The van der Waals surface area contributed by atoms with Crippen LogP contribution in [0.5, 0.6) is 16.6 Å². The minimum absolute atomic E-state index is 0.176. The first kappa shape index (κ1) is 17.4. The molecule has 2 amide bonds. The predicted molar refractivity (Wildman–Crippen MR) is 106 cm³/mol. The number of nitrogens with one attached hydrogen (secondary N) is 1. The molecule has 4 rings (SSSR count). The average Bonchev–Trinajstić information content (AvgIpc) is 3.14. The number of methoxy groups -OCH3 is 1. The van der Waals surface area contributed by atoms with Crippen molar-refractivity contribution in [2.75, 3.05) is 23.9 Å². The molecular weight excluding hydrogens is 362 g/mol. The van der Waals surface area contributed by atoms with Gasteiger partial charge in [0.05, 0.1) is 13.3 Å². The van der Waals surface area contributed by atoms with Crippen LogP contribution in [0.3, 0.4) is 0 Å². The van der Waals surface area contributed by atoms with Gasteiger partial charge in [-0.3, -0.25) is 10.2 Å². The molecule has 0 atom stereocenters. The lowest BCUT2D eigenvalue weighted by atomic mass is 10.0. The molecule has 1 aromatic heterocycles. The van der Waals surface area contributed by atoms with Crippen molar-refractivity contribution in [3.05, 3.63) is 60.3 Å². The van der Waals surface area contributed by atoms with Crippen molar-refractivity contribution in [1.82, 2.24) is 4.98 Å². The minimum atomic E-state index is -0.176. The highest BCUT2D eigenvalue weighted by atomic mass is 32.1. The lowest BCUT2D eigenvalue weighted by molar-refractivity contribution is 0.256. The van der Waals surface area contributed by atoms with Crippen molar-refractivity contribution < 1.29 is 14.3 Å². The van der Waals surface area contributed by atoms with Crippen molar-refractivity contribution in [1.29, 1.82) is 0 Å². The van der Waals surface area contributed by atoms with E-state index >= 15 is 0 Å². The number of aryl methyl sites for hydroxylation is 1. The molecule has 1 aliphatic heterocycles. The molecule has 6 nitrogen and oxygen atoms in total. The molecule has 0 spiro atoms. The number of carbonyl (C=O) groups excluding carboxylic acids is 1. The third-order valence-electron chi connectivity index (χ3n) is 4.31. The number of benzene rings is 2. The Morgan fingerprint density at radius 1 is 1.19 bits per heavy atom. The van der Waals surface area contributed by atoms with Gasteiger partial charge in [0, 0.05) is 18.3 Å². The van der Waals surface area contributed by atoms with Crippen LogP contribution in [-0.2, 0) is 6.42 Å². The number of ether oxygens (including phenoxy) is 2. The molecule has 0 bridgehead atoms. The van der Waals surface area contributed by atoms with Gasteiger partial charge in [-0.25, -0.2) is 9.78 Å². The first-order valence-electron chi connectivity index (χ1n) is 8.67. The summed E-state index contributed by atoms with van der Waals surface area (Å²) in [5, 5.41) is 3.97. The molecule has 0 unspecified atom stereocenters. The summed E-state index contributed by atoms with van der Waals surface area (Å²) < 4.78 is 11.0. The highest BCUT2D eigenvalue weighted by Gasteiger charge is 2.22. The van der Waals surface area contributed by atoms with E-state index in [9.17, 15) is 4.79 Å². The van der Waals surface area contributed by atoms with Gasteiger partial charge in [-0.1, -0.05) is 35.6 Å². The maximum atomic E-state index is 12.7. The van der Waals surface area contributed by atoms with Crippen LogP contribution >= 0.6 is 11.3 Å². The maximum absolute atomic E-state index is 12.7. The summed E-state index contributed by atoms with van der Waals surface area (Å²) in [7, 11) is 1.61. The Labute approximate surface area is 161 Å². The van der Waals surface area contributed by atoms with E-state index < -0.39 is 0 Å². The van der Waals surface area contributed by atoms with E-state index in [-0.39, 0.29) is 6.03 Å². The Morgan fingerprint density at radius 2 is 2.04 bits per heavy atom. The number of anilines is 2. The molecule has 0 fully saturated rings. The smallest absolute Gasteiger partial charge is 0.328 e. The fraction of sp³-hybridized carbons (Fsp3) is 0.200. The van der Waals surface area contributed by atoms with Crippen molar-refractivity contribution in [3.8, 4) is 16.6 Å². The first-order valence-corrected chi connectivity index (χ1v) is 9.49. The quantitative estimate of drug-likeness (QED) is 0.696. The third-order valence-corrected chi connectivity index (χ3v) is 5.10. The number of amides is 2. The van der Waals surface area contributed by atoms with E-state index in [2.05, 4.69) is 16.4 Å². The Balaban J connectivity index is 1.44. The van der Waals surface area contributed by atoms with Gasteiger partial charge in [0.1, 0.15) is 11.5 Å².